The molecule has 1 aliphatic carbocycles. The first-order valence-electron chi connectivity index (χ1n) is 12.2. The lowest BCUT2D eigenvalue weighted by molar-refractivity contribution is -0.135. The molecule has 36 heavy (non-hydrogen) atoms. The maximum absolute atomic E-state index is 13.7. The van der Waals surface area contributed by atoms with Crippen molar-refractivity contribution in [2.45, 2.75) is 25.3 Å². The highest BCUT2D eigenvalue weighted by atomic mass is 35.5. The molecule has 188 valence electrons. The van der Waals surface area contributed by atoms with E-state index >= 15 is 0 Å². The molecule has 2 heterocycles. The Morgan fingerprint density at radius 3 is 2.58 bits per heavy atom. The van der Waals surface area contributed by atoms with E-state index in [4.69, 9.17) is 21.1 Å². The van der Waals surface area contributed by atoms with Crippen molar-refractivity contribution >= 4 is 34.8 Å². The van der Waals surface area contributed by atoms with Crippen LogP contribution < -0.4 is 9.47 Å². The Morgan fingerprint density at radius 2 is 1.83 bits per heavy atom. The van der Waals surface area contributed by atoms with Crippen molar-refractivity contribution in [3.8, 4) is 11.5 Å². The number of benzene rings is 2. The number of amides is 2. The number of rotatable bonds is 9. The highest BCUT2D eigenvalue weighted by Gasteiger charge is 2.35. The smallest absolute Gasteiger partial charge is 0.255 e. The van der Waals surface area contributed by atoms with Crippen LogP contribution in [0.4, 0.5) is 0 Å². The number of ether oxygens (including phenoxy) is 2. The second kappa shape index (κ2) is 10.9. The first-order chi connectivity index (χ1) is 17.5. The number of thiophene rings is 1. The van der Waals surface area contributed by atoms with Crippen molar-refractivity contribution in [1.82, 2.24) is 9.80 Å². The lowest BCUT2D eigenvalue weighted by Gasteiger charge is -2.37. The van der Waals surface area contributed by atoms with Gasteiger partial charge >= 0.3 is 0 Å². The summed E-state index contributed by atoms with van der Waals surface area (Å²) in [6.45, 7) is 1.47. The van der Waals surface area contributed by atoms with Gasteiger partial charge < -0.3 is 19.3 Å². The number of carbonyl (C=O) groups excluding carboxylic acids is 2. The third-order valence-electron chi connectivity index (χ3n) is 6.77. The molecule has 0 spiro atoms. The molecule has 5 rings (SSSR count). The fourth-order valence-electron chi connectivity index (χ4n) is 4.67. The zero-order valence-electron chi connectivity index (χ0n) is 20.2. The third kappa shape index (κ3) is 5.37. The van der Waals surface area contributed by atoms with E-state index in [0.717, 1.165) is 24.8 Å². The van der Waals surface area contributed by atoms with Crippen LogP contribution in [0.3, 0.4) is 0 Å². The Hall–Kier alpha value is -3.03. The molecule has 1 fully saturated rings. The summed E-state index contributed by atoms with van der Waals surface area (Å²) in [5, 5.41) is 2.47. The van der Waals surface area contributed by atoms with Crippen molar-refractivity contribution < 1.29 is 19.1 Å². The Balaban J connectivity index is 1.36. The molecule has 6 nitrogen and oxygen atoms in total. The van der Waals surface area contributed by atoms with Crippen LogP contribution in [0.1, 0.15) is 39.7 Å². The van der Waals surface area contributed by atoms with Gasteiger partial charge in [-0.25, -0.2) is 0 Å². The summed E-state index contributed by atoms with van der Waals surface area (Å²) in [5.41, 5.74) is 1.54. The second-order valence-corrected chi connectivity index (χ2v) is 10.6. The summed E-state index contributed by atoms with van der Waals surface area (Å²) >= 11 is 8.03. The van der Waals surface area contributed by atoms with Gasteiger partial charge in [-0.3, -0.25) is 9.59 Å². The highest BCUT2D eigenvalue weighted by Crippen LogP contribution is 2.36. The number of para-hydroxylation sites is 2. The van der Waals surface area contributed by atoms with Gasteiger partial charge in [0.1, 0.15) is 13.2 Å². The minimum atomic E-state index is -0.240. The van der Waals surface area contributed by atoms with Crippen LogP contribution in [0.15, 0.2) is 60.0 Å². The molecule has 0 bridgehead atoms. The van der Waals surface area contributed by atoms with Gasteiger partial charge in [-0.1, -0.05) is 35.9 Å². The Kier molecular flexibility index (Phi) is 7.48. The first-order valence-corrected chi connectivity index (χ1v) is 13.5. The molecule has 8 heteroatoms. The maximum atomic E-state index is 13.7. The van der Waals surface area contributed by atoms with Crippen LogP contribution in [0.5, 0.6) is 11.5 Å². The van der Waals surface area contributed by atoms with E-state index < -0.39 is 0 Å². The number of hydrogen-bond donors (Lipinski definition) is 0. The van der Waals surface area contributed by atoms with Crippen LogP contribution in [-0.2, 0) is 11.2 Å². The summed E-state index contributed by atoms with van der Waals surface area (Å²) in [4.78, 5) is 31.9. The van der Waals surface area contributed by atoms with Crippen molar-refractivity contribution in [2.75, 3.05) is 33.4 Å². The predicted molar refractivity (Wildman–Crippen MR) is 141 cm³/mol. The van der Waals surface area contributed by atoms with Gasteiger partial charge in [-0.15, -0.1) is 11.3 Å². The molecule has 0 N–H and O–H groups in total. The minimum absolute atomic E-state index is 0.0190. The predicted octanol–water partition coefficient (Wildman–Crippen LogP) is 5.47. The summed E-state index contributed by atoms with van der Waals surface area (Å²) < 4.78 is 11.6. The van der Waals surface area contributed by atoms with Crippen LogP contribution in [-0.4, -0.2) is 55.0 Å². The molecule has 0 saturated heterocycles. The van der Waals surface area contributed by atoms with E-state index in [-0.39, 0.29) is 24.4 Å². The quantitative estimate of drug-likeness (QED) is 0.372. The standard InChI is InChI=1S/C28H29ClN2O4S/c1-34-24-8-4-5-9-25(24)35-18-23-21-13-15-36-26(21)12-14-31(23)27(32)17-30(16-19-10-11-19)28(33)20-6-2-3-7-22(20)29/h2-9,13,15,19,23H,10-12,14,16-18H2,1H3/t23-/m1/s1. The van der Waals surface area contributed by atoms with Crippen molar-refractivity contribution in [3.05, 3.63) is 81.0 Å². The summed E-state index contributed by atoms with van der Waals surface area (Å²) in [7, 11) is 1.61. The summed E-state index contributed by atoms with van der Waals surface area (Å²) in [6.07, 6.45) is 2.96. The molecular weight excluding hydrogens is 496 g/mol. The van der Waals surface area contributed by atoms with Gasteiger partial charge in [0.05, 0.1) is 23.7 Å². The van der Waals surface area contributed by atoms with Gasteiger partial charge in [0.25, 0.3) is 5.91 Å². The summed E-state index contributed by atoms with van der Waals surface area (Å²) in [6, 6.07) is 16.4. The molecule has 1 aromatic heterocycles. The highest BCUT2D eigenvalue weighted by molar-refractivity contribution is 7.10. The number of fused-ring (bicyclic) bond motifs is 1. The van der Waals surface area contributed by atoms with Crippen LogP contribution >= 0.6 is 22.9 Å². The zero-order chi connectivity index (χ0) is 25.1. The lowest BCUT2D eigenvalue weighted by atomic mass is 10.00. The molecule has 0 radical (unpaired) electrons. The normalized spacial score (nSPS) is 16.8. The molecule has 3 aromatic rings. The molecule has 2 aromatic carbocycles. The molecule has 2 aliphatic rings. The van der Waals surface area contributed by atoms with Gasteiger partial charge in [0.15, 0.2) is 11.5 Å². The molecule has 1 saturated carbocycles. The van der Waals surface area contributed by atoms with Gasteiger partial charge in [0, 0.05) is 18.0 Å². The molecule has 1 atom stereocenters. The van der Waals surface area contributed by atoms with Crippen LogP contribution in [0.25, 0.3) is 0 Å². The van der Waals surface area contributed by atoms with E-state index in [1.54, 1.807) is 47.6 Å². The Bertz CT molecular complexity index is 1240. The number of halogens is 1. The SMILES string of the molecule is COc1ccccc1OC[C@@H]1c2ccsc2CCN1C(=O)CN(CC1CC1)C(=O)c1ccccc1Cl. The number of methoxy groups -OCH3 is 1. The monoisotopic (exact) mass is 524 g/mol. The van der Waals surface area contributed by atoms with Gasteiger partial charge in [0.2, 0.25) is 5.91 Å². The molecule has 0 unspecified atom stereocenters. The molecular formula is C28H29ClN2O4S. The lowest BCUT2D eigenvalue weighted by Crippen LogP contribution is -2.48. The average Bonchev–Trinajstić information content (AvgIpc) is 3.59. The largest absolute Gasteiger partial charge is 0.493 e. The van der Waals surface area contributed by atoms with E-state index in [0.29, 0.717) is 47.7 Å². The number of carbonyl (C=O) groups is 2. The summed E-state index contributed by atoms with van der Waals surface area (Å²) in [5.74, 6) is 1.45. The number of hydrogen-bond acceptors (Lipinski definition) is 5. The maximum Gasteiger partial charge on any atom is 0.255 e. The second-order valence-electron chi connectivity index (χ2n) is 9.22. The van der Waals surface area contributed by atoms with E-state index in [9.17, 15) is 9.59 Å². The van der Waals surface area contributed by atoms with Gasteiger partial charge in [-0.05, 0) is 66.5 Å². The Morgan fingerprint density at radius 1 is 1.08 bits per heavy atom. The van der Waals surface area contributed by atoms with Gasteiger partial charge in [-0.2, -0.15) is 0 Å². The topological polar surface area (TPSA) is 59.1 Å². The fourth-order valence-corrected chi connectivity index (χ4v) is 5.82. The van der Waals surface area contributed by atoms with Crippen LogP contribution in [0, 0.1) is 5.92 Å². The Labute approximate surface area is 220 Å². The van der Waals surface area contributed by atoms with E-state index in [2.05, 4.69) is 11.4 Å². The molecule has 2 amide bonds. The first kappa shape index (κ1) is 24.7. The molecule has 1 aliphatic heterocycles. The van der Waals surface area contributed by atoms with E-state index in [1.165, 1.54) is 4.88 Å². The average molecular weight is 525 g/mol. The van der Waals surface area contributed by atoms with Crippen molar-refractivity contribution in [2.24, 2.45) is 5.92 Å². The van der Waals surface area contributed by atoms with Crippen molar-refractivity contribution in [3.63, 3.8) is 0 Å². The number of nitrogens with zero attached hydrogens (tertiary/aromatic N) is 2. The van der Waals surface area contributed by atoms with Crippen molar-refractivity contribution in [1.29, 1.82) is 0 Å². The minimum Gasteiger partial charge on any atom is -0.493 e. The zero-order valence-corrected chi connectivity index (χ0v) is 21.8. The fraction of sp³-hybridized carbons (Fsp3) is 0.357. The van der Waals surface area contributed by atoms with Crippen LogP contribution in [0.2, 0.25) is 5.02 Å². The third-order valence-corrected chi connectivity index (χ3v) is 8.10. The van der Waals surface area contributed by atoms with E-state index in [1.807, 2.05) is 29.2 Å².